The fourth-order valence-electron chi connectivity index (χ4n) is 3.64. The second kappa shape index (κ2) is 12.6. The predicted octanol–water partition coefficient (Wildman–Crippen LogP) is 4.27. The molecule has 3 rings (SSSR count). The molecule has 7 nitrogen and oxygen atoms in total. The van der Waals surface area contributed by atoms with Crippen LogP contribution in [0.4, 0.5) is 0 Å². The normalized spacial score (nSPS) is 10.8. The van der Waals surface area contributed by atoms with Crippen molar-refractivity contribution in [1.82, 2.24) is 15.4 Å². The number of ether oxygens (including phenoxy) is 1. The van der Waals surface area contributed by atoms with Crippen molar-refractivity contribution in [2.45, 2.75) is 39.7 Å². The van der Waals surface area contributed by atoms with Crippen molar-refractivity contribution < 1.29 is 18.8 Å². The zero-order chi connectivity index (χ0) is 24.3. The second-order valence-electron chi connectivity index (χ2n) is 8.69. The first kappa shape index (κ1) is 25.0. The summed E-state index contributed by atoms with van der Waals surface area (Å²) < 4.78 is 10.5. The molecule has 2 aromatic carbocycles. The van der Waals surface area contributed by atoms with Crippen molar-refractivity contribution in [3.63, 3.8) is 0 Å². The van der Waals surface area contributed by atoms with Gasteiger partial charge in [-0.2, -0.15) is 0 Å². The van der Waals surface area contributed by atoms with Gasteiger partial charge in [0.05, 0.1) is 13.7 Å². The number of aromatic nitrogens is 1. The van der Waals surface area contributed by atoms with E-state index in [4.69, 9.17) is 9.26 Å². The van der Waals surface area contributed by atoms with E-state index >= 15 is 0 Å². The molecule has 3 aromatic rings. The van der Waals surface area contributed by atoms with Crippen LogP contribution in [-0.2, 0) is 24.2 Å². The lowest BCUT2D eigenvalue weighted by atomic mass is 10.1. The molecular formula is C27H33N3O4. The highest BCUT2D eigenvalue weighted by atomic mass is 16.5. The van der Waals surface area contributed by atoms with Crippen LogP contribution in [0.3, 0.4) is 0 Å². The molecule has 0 atom stereocenters. The van der Waals surface area contributed by atoms with Crippen molar-refractivity contribution in [2.75, 3.05) is 20.2 Å². The molecule has 0 aliphatic carbocycles. The van der Waals surface area contributed by atoms with Crippen molar-refractivity contribution in [3.8, 4) is 5.75 Å². The summed E-state index contributed by atoms with van der Waals surface area (Å²) in [5, 5.41) is 6.77. The number of nitrogens with one attached hydrogen (secondary N) is 1. The fourth-order valence-corrected chi connectivity index (χ4v) is 3.64. The van der Waals surface area contributed by atoms with Gasteiger partial charge in [0.25, 0.3) is 5.91 Å². The molecule has 0 aliphatic rings. The van der Waals surface area contributed by atoms with Gasteiger partial charge in [0, 0.05) is 25.6 Å². The molecule has 1 N–H and O–H groups in total. The standard InChI is InChI=1S/C27H33N3O4/c1-20(2)18-30(26(31)14-11-21-7-5-4-6-8-21)19-24-17-25(29-34-24)27(32)28-16-15-22-9-12-23(33-3)13-10-22/h4-10,12-13,17,20H,11,14-16,18-19H2,1-3H3,(H,28,32). The number of rotatable bonds is 12. The number of carbonyl (C=O) groups is 2. The number of aryl methyl sites for hydroxylation is 1. The highest BCUT2D eigenvalue weighted by Gasteiger charge is 2.19. The third kappa shape index (κ3) is 7.76. The van der Waals surface area contributed by atoms with Gasteiger partial charge in [0.2, 0.25) is 5.91 Å². The minimum Gasteiger partial charge on any atom is -0.497 e. The Balaban J connectivity index is 1.52. The lowest BCUT2D eigenvalue weighted by Gasteiger charge is -2.23. The van der Waals surface area contributed by atoms with Gasteiger partial charge in [-0.1, -0.05) is 61.5 Å². The van der Waals surface area contributed by atoms with Crippen LogP contribution in [0.1, 0.15) is 47.6 Å². The van der Waals surface area contributed by atoms with Gasteiger partial charge in [0.15, 0.2) is 11.5 Å². The second-order valence-corrected chi connectivity index (χ2v) is 8.69. The van der Waals surface area contributed by atoms with Gasteiger partial charge in [-0.3, -0.25) is 9.59 Å². The molecule has 0 saturated carbocycles. The van der Waals surface area contributed by atoms with Crippen LogP contribution >= 0.6 is 0 Å². The number of amides is 2. The van der Waals surface area contributed by atoms with E-state index in [1.807, 2.05) is 54.6 Å². The first-order valence-electron chi connectivity index (χ1n) is 11.6. The minimum absolute atomic E-state index is 0.0550. The average molecular weight is 464 g/mol. The van der Waals surface area contributed by atoms with Gasteiger partial charge in [-0.05, 0) is 42.0 Å². The molecule has 0 saturated heterocycles. The third-order valence-electron chi connectivity index (χ3n) is 5.41. The summed E-state index contributed by atoms with van der Waals surface area (Å²) in [6, 6.07) is 19.3. The zero-order valence-corrected chi connectivity index (χ0v) is 20.1. The van der Waals surface area contributed by atoms with Crippen LogP contribution < -0.4 is 10.1 Å². The highest BCUT2D eigenvalue weighted by Crippen LogP contribution is 2.14. The van der Waals surface area contributed by atoms with Gasteiger partial charge in [0.1, 0.15) is 5.75 Å². The Morgan fingerprint density at radius 1 is 1.03 bits per heavy atom. The van der Waals surface area contributed by atoms with E-state index in [1.54, 1.807) is 18.1 Å². The zero-order valence-electron chi connectivity index (χ0n) is 20.1. The Kier molecular flexibility index (Phi) is 9.26. The SMILES string of the molecule is COc1ccc(CCNC(=O)c2cc(CN(CC(C)C)C(=O)CCc3ccccc3)on2)cc1. The Bertz CT molecular complexity index is 1050. The van der Waals surface area contributed by atoms with Crippen LogP contribution in [0.5, 0.6) is 5.75 Å². The largest absolute Gasteiger partial charge is 0.497 e. The Morgan fingerprint density at radius 3 is 2.41 bits per heavy atom. The van der Waals surface area contributed by atoms with E-state index < -0.39 is 0 Å². The van der Waals surface area contributed by atoms with Gasteiger partial charge in [-0.25, -0.2) is 0 Å². The summed E-state index contributed by atoms with van der Waals surface area (Å²) in [5.74, 6) is 1.36. The van der Waals surface area contributed by atoms with Gasteiger partial charge in [-0.15, -0.1) is 0 Å². The quantitative estimate of drug-likeness (QED) is 0.434. The number of methoxy groups -OCH3 is 1. The number of hydrogen-bond acceptors (Lipinski definition) is 5. The molecule has 0 unspecified atom stereocenters. The van der Waals surface area contributed by atoms with Crippen molar-refractivity contribution >= 4 is 11.8 Å². The molecule has 0 bridgehead atoms. The molecule has 0 aliphatic heterocycles. The van der Waals surface area contributed by atoms with Crippen LogP contribution in [0.2, 0.25) is 0 Å². The Hall–Kier alpha value is -3.61. The number of nitrogens with zero attached hydrogens (tertiary/aromatic N) is 2. The van der Waals surface area contributed by atoms with E-state index in [0.717, 1.165) is 16.9 Å². The molecule has 34 heavy (non-hydrogen) atoms. The average Bonchev–Trinajstić information content (AvgIpc) is 3.31. The molecule has 180 valence electrons. The number of carbonyl (C=O) groups excluding carboxylic acids is 2. The van der Waals surface area contributed by atoms with E-state index in [1.165, 1.54) is 0 Å². The maximum atomic E-state index is 12.9. The van der Waals surface area contributed by atoms with Crippen LogP contribution in [-0.4, -0.2) is 42.1 Å². The van der Waals surface area contributed by atoms with Crippen LogP contribution in [0, 0.1) is 5.92 Å². The first-order valence-corrected chi connectivity index (χ1v) is 11.6. The first-order chi connectivity index (χ1) is 16.4. The number of hydrogen-bond donors (Lipinski definition) is 1. The molecule has 0 spiro atoms. The van der Waals surface area contributed by atoms with Crippen LogP contribution in [0.25, 0.3) is 0 Å². The van der Waals surface area contributed by atoms with Crippen LogP contribution in [0.15, 0.2) is 65.2 Å². The smallest absolute Gasteiger partial charge is 0.273 e. The molecular weight excluding hydrogens is 430 g/mol. The van der Waals surface area contributed by atoms with E-state index in [0.29, 0.717) is 44.0 Å². The third-order valence-corrected chi connectivity index (χ3v) is 5.41. The minimum atomic E-state index is -0.297. The maximum Gasteiger partial charge on any atom is 0.273 e. The van der Waals surface area contributed by atoms with E-state index in [-0.39, 0.29) is 24.1 Å². The van der Waals surface area contributed by atoms with E-state index in [2.05, 4.69) is 24.3 Å². The topological polar surface area (TPSA) is 84.7 Å². The van der Waals surface area contributed by atoms with Crippen molar-refractivity contribution in [1.29, 1.82) is 0 Å². The van der Waals surface area contributed by atoms with E-state index in [9.17, 15) is 9.59 Å². The fraction of sp³-hybridized carbons (Fsp3) is 0.370. The molecule has 0 fully saturated rings. The Labute approximate surface area is 201 Å². The van der Waals surface area contributed by atoms with Gasteiger partial charge < -0.3 is 19.5 Å². The lowest BCUT2D eigenvalue weighted by Crippen LogP contribution is -2.33. The predicted molar refractivity (Wildman–Crippen MR) is 131 cm³/mol. The number of benzene rings is 2. The molecule has 2 amide bonds. The molecule has 1 aromatic heterocycles. The molecule has 0 radical (unpaired) electrons. The molecule has 7 heteroatoms. The monoisotopic (exact) mass is 463 g/mol. The van der Waals surface area contributed by atoms with Gasteiger partial charge >= 0.3 is 0 Å². The highest BCUT2D eigenvalue weighted by molar-refractivity contribution is 5.92. The summed E-state index contributed by atoms with van der Waals surface area (Å²) >= 11 is 0. The Morgan fingerprint density at radius 2 is 1.74 bits per heavy atom. The summed E-state index contributed by atoms with van der Waals surface area (Å²) in [4.78, 5) is 27.1. The maximum absolute atomic E-state index is 12.9. The molecule has 1 heterocycles. The lowest BCUT2D eigenvalue weighted by molar-refractivity contribution is -0.132. The summed E-state index contributed by atoms with van der Waals surface area (Å²) in [7, 11) is 1.63. The van der Waals surface area contributed by atoms with Crippen molar-refractivity contribution in [2.24, 2.45) is 5.92 Å². The summed E-state index contributed by atoms with van der Waals surface area (Å²) in [6.07, 6.45) is 1.80. The summed E-state index contributed by atoms with van der Waals surface area (Å²) in [5.41, 5.74) is 2.44. The summed E-state index contributed by atoms with van der Waals surface area (Å²) in [6.45, 7) is 5.51. The van der Waals surface area contributed by atoms with Crippen molar-refractivity contribution in [3.05, 3.63) is 83.2 Å².